The van der Waals surface area contributed by atoms with E-state index in [1.807, 2.05) is 0 Å². The molecule has 0 saturated carbocycles. The molecule has 0 aliphatic carbocycles. The van der Waals surface area contributed by atoms with Crippen LogP contribution in [0.25, 0.3) is 11.0 Å². The van der Waals surface area contributed by atoms with Gasteiger partial charge in [0.1, 0.15) is 11.4 Å². The first-order chi connectivity index (χ1) is 11.8. The predicted octanol–water partition coefficient (Wildman–Crippen LogP) is 2.46. The number of benzene rings is 2. The standard InChI is InChI=1S/C17H15FN2O4S/c1-10-14-8-12(18)4-7-15(14)24-16(10)17(21)20-9-11-2-5-13(6-3-11)25(19,22)23/h2-8H,9H2,1H3,(H,20,21)(H2,19,22,23). The minimum absolute atomic E-state index is 0.00210. The van der Waals surface area contributed by atoms with Crippen LogP contribution in [0.4, 0.5) is 4.39 Å². The summed E-state index contributed by atoms with van der Waals surface area (Å²) in [6.45, 7) is 1.86. The highest BCUT2D eigenvalue weighted by Gasteiger charge is 2.18. The molecule has 2 aromatic carbocycles. The molecule has 3 N–H and O–H groups in total. The van der Waals surface area contributed by atoms with Crippen LogP contribution in [-0.2, 0) is 16.6 Å². The quantitative estimate of drug-likeness (QED) is 0.744. The van der Waals surface area contributed by atoms with Gasteiger partial charge in [0.2, 0.25) is 10.0 Å². The second-order valence-corrected chi connectivity index (χ2v) is 7.13. The largest absolute Gasteiger partial charge is 0.451 e. The molecule has 1 heterocycles. The summed E-state index contributed by atoms with van der Waals surface area (Å²) in [6, 6.07) is 9.90. The first kappa shape index (κ1) is 17.1. The number of rotatable bonds is 4. The van der Waals surface area contributed by atoms with E-state index < -0.39 is 21.7 Å². The van der Waals surface area contributed by atoms with Crippen molar-refractivity contribution in [2.24, 2.45) is 5.14 Å². The topological polar surface area (TPSA) is 102 Å². The van der Waals surface area contributed by atoms with Crippen molar-refractivity contribution in [3.8, 4) is 0 Å². The van der Waals surface area contributed by atoms with Crippen LogP contribution in [0.3, 0.4) is 0 Å². The molecule has 130 valence electrons. The second kappa shape index (κ2) is 6.30. The van der Waals surface area contributed by atoms with Gasteiger partial charge in [-0.15, -0.1) is 0 Å². The van der Waals surface area contributed by atoms with Crippen molar-refractivity contribution in [1.82, 2.24) is 5.32 Å². The Morgan fingerprint density at radius 1 is 1.20 bits per heavy atom. The number of sulfonamides is 1. The summed E-state index contributed by atoms with van der Waals surface area (Å²) in [6.07, 6.45) is 0. The zero-order valence-corrected chi connectivity index (χ0v) is 14.1. The maximum atomic E-state index is 13.3. The fraction of sp³-hybridized carbons (Fsp3) is 0.118. The van der Waals surface area contributed by atoms with Crippen molar-refractivity contribution in [2.75, 3.05) is 0 Å². The van der Waals surface area contributed by atoms with Crippen LogP contribution >= 0.6 is 0 Å². The van der Waals surface area contributed by atoms with Crippen molar-refractivity contribution >= 4 is 26.9 Å². The summed E-state index contributed by atoms with van der Waals surface area (Å²) < 4.78 is 41.2. The third kappa shape index (κ3) is 3.54. The lowest BCUT2D eigenvalue weighted by Gasteiger charge is -2.05. The fourth-order valence-corrected chi connectivity index (χ4v) is 2.98. The first-order valence-corrected chi connectivity index (χ1v) is 8.89. The van der Waals surface area contributed by atoms with E-state index >= 15 is 0 Å². The van der Waals surface area contributed by atoms with E-state index in [0.717, 1.165) is 0 Å². The molecule has 6 nitrogen and oxygen atoms in total. The number of hydrogen-bond acceptors (Lipinski definition) is 4. The Morgan fingerprint density at radius 3 is 2.52 bits per heavy atom. The molecule has 0 unspecified atom stereocenters. The molecule has 0 atom stereocenters. The maximum absolute atomic E-state index is 13.3. The average molecular weight is 362 g/mol. The number of furan rings is 1. The number of fused-ring (bicyclic) bond motifs is 1. The van der Waals surface area contributed by atoms with E-state index in [4.69, 9.17) is 9.56 Å². The van der Waals surface area contributed by atoms with Crippen molar-refractivity contribution < 1.29 is 22.0 Å². The van der Waals surface area contributed by atoms with Crippen LogP contribution in [0.5, 0.6) is 0 Å². The normalized spacial score (nSPS) is 11.6. The third-order valence-corrected chi connectivity index (χ3v) is 4.74. The predicted molar refractivity (Wildman–Crippen MR) is 89.9 cm³/mol. The minimum atomic E-state index is -3.75. The molecule has 3 rings (SSSR count). The molecule has 25 heavy (non-hydrogen) atoms. The van der Waals surface area contributed by atoms with Crippen LogP contribution in [0, 0.1) is 12.7 Å². The van der Waals surface area contributed by atoms with E-state index in [-0.39, 0.29) is 17.2 Å². The summed E-state index contributed by atoms with van der Waals surface area (Å²) in [5.41, 5.74) is 1.68. The molecule has 0 bridgehead atoms. The van der Waals surface area contributed by atoms with Crippen LogP contribution in [0.2, 0.25) is 0 Å². The van der Waals surface area contributed by atoms with Gasteiger partial charge in [-0.05, 0) is 42.8 Å². The highest BCUT2D eigenvalue weighted by atomic mass is 32.2. The molecular weight excluding hydrogens is 347 g/mol. The lowest BCUT2D eigenvalue weighted by atomic mass is 10.1. The Labute approximate surface area is 143 Å². The first-order valence-electron chi connectivity index (χ1n) is 7.34. The SMILES string of the molecule is Cc1c(C(=O)NCc2ccc(S(N)(=O)=O)cc2)oc2ccc(F)cc12. The molecule has 0 fully saturated rings. The number of nitrogens with one attached hydrogen (secondary N) is 1. The summed E-state index contributed by atoms with van der Waals surface area (Å²) in [7, 11) is -3.75. The summed E-state index contributed by atoms with van der Waals surface area (Å²) in [5, 5.41) is 8.26. The molecule has 8 heteroatoms. The summed E-state index contributed by atoms with van der Waals surface area (Å²) in [4.78, 5) is 12.3. The van der Waals surface area contributed by atoms with Gasteiger partial charge in [0.25, 0.3) is 5.91 Å². The number of amides is 1. The van der Waals surface area contributed by atoms with Gasteiger partial charge in [-0.2, -0.15) is 0 Å². The van der Waals surface area contributed by atoms with Gasteiger partial charge in [0.15, 0.2) is 5.76 Å². The van der Waals surface area contributed by atoms with Crippen molar-refractivity contribution in [1.29, 1.82) is 0 Å². The number of halogens is 1. The lowest BCUT2D eigenvalue weighted by molar-refractivity contribution is 0.0924. The van der Waals surface area contributed by atoms with Gasteiger partial charge in [-0.3, -0.25) is 4.79 Å². The van der Waals surface area contributed by atoms with Crippen LogP contribution < -0.4 is 10.5 Å². The number of carbonyl (C=O) groups is 1. The van der Waals surface area contributed by atoms with E-state index in [2.05, 4.69) is 5.32 Å². The fourth-order valence-electron chi connectivity index (χ4n) is 2.47. The van der Waals surface area contributed by atoms with Gasteiger partial charge in [-0.1, -0.05) is 12.1 Å². The van der Waals surface area contributed by atoms with Crippen LogP contribution in [-0.4, -0.2) is 14.3 Å². The zero-order chi connectivity index (χ0) is 18.2. The molecule has 1 amide bonds. The van der Waals surface area contributed by atoms with Crippen molar-refractivity contribution in [2.45, 2.75) is 18.4 Å². The highest BCUT2D eigenvalue weighted by Crippen LogP contribution is 2.26. The molecule has 0 aliphatic heterocycles. The Morgan fingerprint density at radius 2 is 1.88 bits per heavy atom. The maximum Gasteiger partial charge on any atom is 0.287 e. The Hall–Kier alpha value is -2.71. The summed E-state index contributed by atoms with van der Waals surface area (Å²) in [5.74, 6) is -0.732. The number of aryl methyl sites for hydroxylation is 1. The Bertz CT molecular complexity index is 1060. The molecule has 1 aromatic heterocycles. The van der Waals surface area contributed by atoms with Gasteiger partial charge in [0.05, 0.1) is 4.90 Å². The second-order valence-electron chi connectivity index (χ2n) is 5.57. The average Bonchev–Trinajstić information content (AvgIpc) is 2.89. The van der Waals surface area contributed by atoms with Crippen LogP contribution in [0.1, 0.15) is 21.7 Å². The lowest BCUT2D eigenvalue weighted by Crippen LogP contribution is -2.23. The Kier molecular flexibility index (Phi) is 4.32. The molecule has 3 aromatic rings. The summed E-state index contributed by atoms with van der Waals surface area (Å²) >= 11 is 0. The van der Waals surface area contributed by atoms with Gasteiger partial charge < -0.3 is 9.73 Å². The third-order valence-electron chi connectivity index (χ3n) is 3.81. The smallest absolute Gasteiger partial charge is 0.287 e. The van der Waals surface area contributed by atoms with Gasteiger partial charge in [0, 0.05) is 17.5 Å². The van der Waals surface area contributed by atoms with Crippen molar-refractivity contribution in [3.05, 3.63) is 65.2 Å². The van der Waals surface area contributed by atoms with E-state index in [1.165, 1.54) is 30.3 Å². The van der Waals surface area contributed by atoms with Gasteiger partial charge in [-0.25, -0.2) is 17.9 Å². The molecule has 0 aliphatic rings. The molecule has 0 saturated heterocycles. The minimum Gasteiger partial charge on any atom is -0.451 e. The van der Waals surface area contributed by atoms with E-state index in [0.29, 0.717) is 22.1 Å². The zero-order valence-electron chi connectivity index (χ0n) is 13.2. The monoisotopic (exact) mass is 362 g/mol. The molecule has 0 radical (unpaired) electrons. The van der Waals surface area contributed by atoms with Crippen LogP contribution in [0.15, 0.2) is 51.8 Å². The number of carbonyl (C=O) groups excluding carboxylic acids is 1. The number of hydrogen-bond donors (Lipinski definition) is 2. The number of nitrogens with two attached hydrogens (primary N) is 1. The highest BCUT2D eigenvalue weighted by molar-refractivity contribution is 7.89. The Balaban J connectivity index is 1.76. The van der Waals surface area contributed by atoms with E-state index in [9.17, 15) is 17.6 Å². The molecular formula is C17H15FN2O4S. The van der Waals surface area contributed by atoms with E-state index in [1.54, 1.807) is 19.1 Å². The van der Waals surface area contributed by atoms with Gasteiger partial charge >= 0.3 is 0 Å². The molecule has 0 spiro atoms. The number of primary sulfonamides is 1. The van der Waals surface area contributed by atoms with Crippen molar-refractivity contribution in [3.63, 3.8) is 0 Å².